The van der Waals surface area contributed by atoms with E-state index in [-0.39, 0.29) is 5.92 Å². The molecule has 0 radical (unpaired) electrons. The van der Waals surface area contributed by atoms with Crippen molar-refractivity contribution in [2.75, 3.05) is 0 Å². The van der Waals surface area contributed by atoms with Gasteiger partial charge in [0.05, 0.1) is 0 Å². The van der Waals surface area contributed by atoms with Crippen LogP contribution < -0.4 is 10.1 Å². The highest BCUT2D eigenvalue weighted by Gasteiger charge is 2.26. The first-order valence-electron chi connectivity index (χ1n) is 6.26. The molecule has 1 amide bonds. The van der Waals surface area contributed by atoms with Crippen LogP contribution in [0.15, 0.2) is 24.3 Å². The van der Waals surface area contributed by atoms with Gasteiger partial charge in [0.1, 0.15) is 11.8 Å². The average Bonchev–Trinajstić information content (AvgIpc) is 2.34. The van der Waals surface area contributed by atoms with Gasteiger partial charge in [-0.15, -0.1) is 0 Å². The molecule has 110 valence electrons. The number of rotatable bonds is 6. The monoisotopic (exact) mass is 299 g/mol. The van der Waals surface area contributed by atoms with Crippen LogP contribution in [0.3, 0.4) is 0 Å². The Hall–Kier alpha value is -1.75. The van der Waals surface area contributed by atoms with Crippen LogP contribution in [0.5, 0.6) is 5.75 Å². The summed E-state index contributed by atoms with van der Waals surface area (Å²) in [5, 5.41) is 12.0. The number of aliphatic carboxylic acids is 1. The van der Waals surface area contributed by atoms with Crippen LogP contribution in [-0.2, 0) is 9.59 Å². The van der Waals surface area contributed by atoms with Crippen molar-refractivity contribution < 1.29 is 19.4 Å². The average molecular weight is 300 g/mol. The maximum atomic E-state index is 11.9. The third-order valence-electron chi connectivity index (χ3n) is 2.71. The van der Waals surface area contributed by atoms with Gasteiger partial charge in [-0.25, -0.2) is 4.79 Å². The molecule has 0 aliphatic carbocycles. The molecule has 0 fully saturated rings. The smallest absolute Gasteiger partial charge is 0.326 e. The fraction of sp³-hybridized carbons (Fsp3) is 0.429. The first kappa shape index (κ1) is 16.3. The lowest BCUT2D eigenvalue weighted by atomic mass is 10.0. The van der Waals surface area contributed by atoms with Crippen LogP contribution in [0.4, 0.5) is 0 Å². The van der Waals surface area contributed by atoms with Gasteiger partial charge in [-0.2, -0.15) is 0 Å². The first-order chi connectivity index (χ1) is 9.31. The predicted molar refractivity (Wildman–Crippen MR) is 75.9 cm³/mol. The highest BCUT2D eigenvalue weighted by Crippen LogP contribution is 2.18. The molecule has 1 unspecified atom stereocenters. The van der Waals surface area contributed by atoms with Crippen LogP contribution in [0.25, 0.3) is 0 Å². The maximum absolute atomic E-state index is 11.9. The highest BCUT2D eigenvalue weighted by molar-refractivity contribution is 6.30. The van der Waals surface area contributed by atoms with E-state index in [1.165, 1.54) is 0 Å². The number of ether oxygens (including phenoxy) is 1. The summed E-state index contributed by atoms with van der Waals surface area (Å²) in [6.45, 7) is 5.00. The van der Waals surface area contributed by atoms with Gasteiger partial charge in [-0.05, 0) is 31.0 Å². The lowest BCUT2D eigenvalue weighted by Crippen LogP contribution is -2.48. The molecule has 2 N–H and O–H groups in total. The van der Waals surface area contributed by atoms with Crippen molar-refractivity contribution in [1.29, 1.82) is 0 Å². The molecule has 1 aromatic carbocycles. The minimum Gasteiger partial charge on any atom is -0.481 e. The second-order valence-electron chi connectivity index (χ2n) is 4.79. The third-order valence-corrected chi connectivity index (χ3v) is 2.94. The number of carboxylic acids is 1. The van der Waals surface area contributed by atoms with Crippen molar-refractivity contribution in [2.45, 2.75) is 32.9 Å². The van der Waals surface area contributed by atoms with E-state index >= 15 is 0 Å². The Kier molecular flexibility index (Phi) is 5.82. The van der Waals surface area contributed by atoms with Crippen molar-refractivity contribution in [3.05, 3.63) is 29.3 Å². The fourth-order valence-electron chi connectivity index (χ4n) is 1.58. The molecule has 20 heavy (non-hydrogen) atoms. The minimum atomic E-state index is -1.07. The summed E-state index contributed by atoms with van der Waals surface area (Å²) >= 11 is 5.82. The highest BCUT2D eigenvalue weighted by atomic mass is 35.5. The van der Waals surface area contributed by atoms with Gasteiger partial charge in [-0.3, -0.25) is 4.79 Å². The van der Waals surface area contributed by atoms with E-state index in [0.717, 1.165) is 0 Å². The number of benzene rings is 1. The second-order valence-corrected chi connectivity index (χ2v) is 5.22. The molecule has 0 aliphatic heterocycles. The van der Waals surface area contributed by atoms with Gasteiger partial charge < -0.3 is 15.2 Å². The van der Waals surface area contributed by atoms with Crippen molar-refractivity contribution in [3.63, 3.8) is 0 Å². The fourth-order valence-corrected chi connectivity index (χ4v) is 1.76. The number of carboxylic acid groups (broad SMARTS) is 1. The molecule has 0 bridgehead atoms. The standard InChI is InChI=1S/C14H18ClNO4/c1-8(2)12(14(18)19)16-13(17)9(3)20-11-6-4-5-10(15)7-11/h4-9,12H,1-3H3,(H,16,17)(H,18,19)/t9?,12-/m0/s1. The van der Waals surface area contributed by atoms with Crippen LogP contribution in [0.2, 0.25) is 5.02 Å². The molecule has 1 rings (SSSR count). The van der Waals surface area contributed by atoms with Crippen molar-refractivity contribution in [1.82, 2.24) is 5.32 Å². The lowest BCUT2D eigenvalue weighted by Gasteiger charge is -2.21. The van der Waals surface area contributed by atoms with Gasteiger partial charge in [-0.1, -0.05) is 31.5 Å². The topological polar surface area (TPSA) is 75.6 Å². The lowest BCUT2D eigenvalue weighted by molar-refractivity contribution is -0.144. The summed E-state index contributed by atoms with van der Waals surface area (Å²) < 4.78 is 5.43. The van der Waals surface area contributed by atoms with Gasteiger partial charge >= 0.3 is 5.97 Å². The van der Waals surface area contributed by atoms with E-state index in [9.17, 15) is 9.59 Å². The van der Waals surface area contributed by atoms with Crippen LogP contribution in [0, 0.1) is 5.92 Å². The normalized spacial score (nSPS) is 13.7. The molecule has 2 atom stereocenters. The third kappa shape index (κ3) is 4.74. The number of hydrogen-bond acceptors (Lipinski definition) is 3. The Morgan fingerprint density at radius 2 is 1.95 bits per heavy atom. The molecule has 0 aliphatic rings. The number of nitrogens with one attached hydrogen (secondary N) is 1. The van der Waals surface area contributed by atoms with Crippen molar-refractivity contribution >= 4 is 23.5 Å². The molecule has 0 saturated heterocycles. The first-order valence-corrected chi connectivity index (χ1v) is 6.64. The van der Waals surface area contributed by atoms with Gasteiger partial charge in [0.25, 0.3) is 5.91 Å². The number of carbonyl (C=O) groups is 2. The molecule has 5 nitrogen and oxygen atoms in total. The number of hydrogen-bond donors (Lipinski definition) is 2. The Bertz CT molecular complexity index is 490. The van der Waals surface area contributed by atoms with Gasteiger partial charge in [0, 0.05) is 5.02 Å². The molecule has 1 aromatic rings. The molecule has 0 aromatic heterocycles. The molecule has 6 heteroatoms. The summed E-state index contributed by atoms with van der Waals surface area (Å²) in [6, 6.07) is 5.72. The Morgan fingerprint density at radius 1 is 1.30 bits per heavy atom. The van der Waals surface area contributed by atoms with Crippen LogP contribution >= 0.6 is 11.6 Å². The summed E-state index contributed by atoms with van der Waals surface area (Å²) in [6.07, 6.45) is -0.811. The predicted octanol–water partition coefficient (Wildman–Crippen LogP) is 2.33. The molecular weight excluding hydrogens is 282 g/mol. The summed E-state index contributed by atoms with van der Waals surface area (Å²) in [5.41, 5.74) is 0. The van der Waals surface area contributed by atoms with Crippen LogP contribution in [-0.4, -0.2) is 29.1 Å². The summed E-state index contributed by atoms with van der Waals surface area (Å²) in [4.78, 5) is 22.9. The van der Waals surface area contributed by atoms with E-state index < -0.39 is 24.0 Å². The molecular formula is C14H18ClNO4. The van der Waals surface area contributed by atoms with E-state index in [2.05, 4.69) is 5.32 Å². The molecule has 0 heterocycles. The Balaban J connectivity index is 2.65. The SMILES string of the molecule is CC(Oc1cccc(Cl)c1)C(=O)N[C@H](C(=O)O)C(C)C. The van der Waals surface area contributed by atoms with E-state index in [4.69, 9.17) is 21.4 Å². The number of halogens is 1. The van der Waals surface area contributed by atoms with Crippen molar-refractivity contribution in [3.8, 4) is 5.75 Å². The zero-order valence-electron chi connectivity index (χ0n) is 11.6. The Labute approximate surface area is 122 Å². The number of amides is 1. The maximum Gasteiger partial charge on any atom is 0.326 e. The quantitative estimate of drug-likeness (QED) is 0.845. The van der Waals surface area contributed by atoms with Gasteiger partial charge in [0.2, 0.25) is 0 Å². The molecule has 0 spiro atoms. The Morgan fingerprint density at radius 3 is 2.45 bits per heavy atom. The zero-order valence-corrected chi connectivity index (χ0v) is 12.3. The zero-order chi connectivity index (χ0) is 15.3. The van der Waals surface area contributed by atoms with Crippen molar-refractivity contribution in [2.24, 2.45) is 5.92 Å². The second kappa shape index (κ2) is 7.14. The summed E-state index contributed by atoms with van der Waals surface area (Å²) in [7, 11) is 0. The number of carbonyl (C=O) groups excluding carboxylic acids is 1. The van der Waals surface area contributed by atoms with E-state index in [0.29, 0.717) is 10.8 Å². The molecule has 0 saturated carbocycles. The van der Waals surface area contributed by atoms with Gasteiger partial charge in [0.15, 0.2) is 6.10 Å². The largest absolute Gasteiger partial charge is 0.481 e. The van der Waals surface area contributed by atoms with E-state index in [1.54, 1.807) is 45.0 Å². The van der Waals surface area contributed by atoms with Crippen LogP contribution in [0.1, 0.15) is 20.8 Å². The van der Waals surface area contributed by atoms with E-state index in [1.807, 2.05) is 0 Å². The minimum absolute atomic E-state index is 0.213. The summed E-state index contributed by atoms with van der Waals surface area (Å²) in [5.74, 6) is -1.30.